The second kappa shape index (κ2) is 5.19. The number of rotatable bonds is 3. The van der Waals surface area contributed by atoms with Crippen LogP contribution in [-0.4, -0.2) is 4.98 Å². The number of aryl methyl sites for hydroxylation is 2. The Morgan fingerprint density at radius 2 is 2.00 bits per heavy atom. The maximum atomic E-state index is 5.97. The van der Waals surface area contributed by atoms with Gasteiger partial charge in [-0.2, -0.15) is 0 Å². The summed E-state index contributed by atoms with van der Waals surface area (Å²) < 4.78 is 1.19. The van der Waals surface area contributed by atoms with Crippen molar-refractivity contribution in [1.82, 2.24) is 4.98 Å². The lowest BCUT2D eigenvalue weighted by Gasteiger charge is -2.00. The molecule has 0 spiro atoms. The summed E-state index contributed by atoms with van der Waals surface area (Å²) in [6.45, 7) is 0. The molecule has 0 saturated carbocycles. The topological polar surface area (TPSA) is 38.9 Å². The molecule has 0 radical (unpaired) electrons. The summed E-state index contributed by atoms with van der Waals surface area (Å²) in [5, 5.41) is 1.87. The number of halogens is 1. The summed E-state index contributed by atoms with van der Waals surface area (Å²) in [6.07, 6.45) is 1.89. The molecule has 0 aliphatic heterocycles. The van der Waals surface area contributed by atoms with Gasteiger partial charge in [0, 0.05) is 17.1 Å². The van der Waals surface area contributed by atoms with Crippen molar-refractivity contribution in [2.24, 2.45) is 0 Å². The lowest BCUT2D eigenvalue weighted by atomic mass is 10.1. The largest absolute Gasteiger partial charge is 0.399 e. The van der Waals surface area contributed by atoms with E-state index in [2.05, 4.69) is 11.1 Å². The summed E-state index contributed by atoms with van der Waals surface area (Å²) in [6, 6.07) is 13.9. The maximum absolute atomic E-state index is 5.97. The summed E-state index contributed by atoms with van der Waals surface area (Å²) in [5.74, 6) is 0. The number of nitrogen functional groups attached to an aromatic ring is 1. The Morgan fingerprint density at radius 1 is 1.11 bits per heavy atom. The first-order valence-electron chi connectivity index (χ1n) is 6.10. The van der Waals surface area contributed by atoms with Crippen molar-refractivity contribution in [2.75, 3.05) is 5.73 Å². The van der Waals surface area contributed by atoms with E-state index in [9.17, 15) is 0 Å². The molecule has 2 N–H and O–H groups in total. The maximum Gasteiger partial charge on any atom is 0.0941 e. The van der Waals surface area contributed by atoms with Gasteiger partial charge in [-0.25, -0.2) is 4.98 Å². The minimum absolute atomic E-state index is 0.736. The van der Waals surface area contributed by atoms with Crippen LogP contribution in [0.5, 0.6) is 0 Å². The fourth-order valence-corrected chi connectivity index (χ4v) is 3.17. The highest BCUT2D eigenvalue weighted by Gasteiger charge is 2.05. The number of nitrogens with two attached hydrogens (primary N) is 1. The number of anilines is 1. The molecule has 19 heavy (non-hydrogen) atoms. The third-order valence-corrected chi connectivity index (χ3v) is 4.30. The standard InChI is InChI=1S/C15H13ClN2S/c16-11-5-6-14-13(9-11)18-15(19-14)7-4-10-2-1-3-12(17)8-10/h1-3,5-6,8-9H,4,7,17H2. The molecule has 0 aliphatic rings. The first kappa shape index (κ1) is 12.5. The Labute approximate surface area is 120 Å². The van der Waals surface area contributed by atoms with E-state index in [1.807, 2.05) is 36.4 Å². The van der Waals surface area contributed by atoms with Crippen molar-refractivity contribution in [3.8, 4) is 0 Å². The molecule has 0 fully saturated rings. The third kappa shape index (κ3) is 2.88. The van der Waals surface area contributed by atoms with Gasteiger partial charge in [-0.05, 0) is 42.3 Å². The predicted molar refractivity (Wildman–Crippen MR) is 82.9 cm³/mol. The summed E-state index contributed by atoms with van der Waals surface area (Å²) in [5.41, 5.74) is 8.82. The lowest BCUT2D eigenvalue weighted by molar-refractivity contribution is 0.949. The second-order valence-corrected chi connectivity index (χ2v) is 6.02. The van der Waals surface area contributed by atoms with E-state index in [1.54, 1.807) is 11.3 Å². The second-order valence-electron chi connectivity index (χ2n) is 4.46. The molecule has 3 rings (SSSR count). The van der Waals surface area contributed by atoms with Crippen LogP contribution in [-0.2, 0) is 12.8 Å². The minimum Gasteiger partial charge on any atom is -0.399 e. The molecule has 4 heteroatoms. The first-order valence-corrected chi connectivity index (χ1v) is 7.29. The Hall–Kier alpha value is -1.58. The normalized spacial score (nSPS) is 11.0. The van der Waals surface area contributed by atoms with Crippen LogP contribution in [0.15, 0.2) is 42.5 Å². The SMILES string of the molecule is Nc1cccc(CCc2nc3cc(Cl)ccc3s2)c1. The molecule has 1 heterocycles. The molecule has 96 valence electrons. The summed E-state index contributed by atoms with van der Waals surface area (Å²) in [7, 11) is 0. The molecule has 2 nitrogen and oxygen atoms in total. The van der Waals surface area contributed by atoms with Crippen LogP contribution in [0.2, 0.25) is 5.02 Å². The highest BCUT2D eigenvalue weighted by atomic mass is 35.5. The molecule has 3 aromatic rings. The van der Waals surface area contributed by atoms with Crippen LogP contribution in [0, 0.1) is 0 Å². The van der Waals surface area contributed by atoms with Crippen molar-refractivity contribution >= 4 is 38.8 Å². The van der Waals surface area contributed by atoms with Gasteiger partial charge in [0.2, 0.25) is 0 Å². The van der Waals surface area contributed by atoms with Crippen molar-refractivity contribution < 1.29 is 0 Å². The molecule has 0 bridgehead atoms. The van der Waals surface area contributed by atoms with Crippen molar-refractivity contribution in [3.05, 3.63) is 58.1 Å². The van der Waals surface area contributed by atoms with Gasteiger partial charge in [-0.1, -0.05) is 23.7 Å². The number of fused-ring (bicyclic) bond motifs is 1. The van der Waals surface area contributed by atoms with E-state index >= 15 is 0 Å². The predicted octanol–water partition coefficient (Wildman–Crippen LogP) is 4.32. The smallest absolute Gasteiger partial charge is 0.0941 e. The van der Waals surface area contributed by atoms with Crippen LogP contribution in [0.25, 0.3) is 10.2 Å². The van der Waals surface area contributed by atoms with E-state index in [1.165, 1.54) is 10.3 Å². The zero-order valence-electron chi connectivity index (χ0n) is 10.3. The van der Waals surface area contributed by atoms with Gasteiger partial charge < -0.3 is 5.73 Å². The number of benzene rings is 2. The number of aromatic nitrogens is 1. The Morgan fingerprint density at radius 3 is 2.84 bits per heavy atom. The van der Waals surface area contributed by atoms with Crippen molar-refractivity contribution in [3.63, 3.8) is 0 Å². The number of nitrogens with zero attached hydrogens (tertiary/aromatic N) is 1. The molecule has 1 aromatic heterocycles. The van der Waals surface area contributed by atoms with Gasteiger partial charge in [0.25, 0.3) is 0 Å². The highest BCUT2D eigenvalue weighted by Crippen LogP contribution is 2.25. The van der Waals surface area contributed by atoms with Crippen LogP contribution in [0.3, 0.4) is 0 Å². The molecule has 0 atom stereocenters. The highest BCUT2D eigenvalue weighted by molar-refractivity contribution is 7.18. The van der Waals surface area contributed by atoms with Crippen LogP contribution in [0.4, 0.5) is 5.69 Å². The molecular weight excluding hydrogens is 276 g/mol. The third-order valence-electron chi connectivity index (χ3n) is 2.97. The van der Waals surface area contributed by atoms with E-state index < -0.39 is 0 Å². The van der Waals surface area contributed by atoms with E-state index in [4.69, 9.17) is 17.3 Å². The van der Waals surface area contributed by atoms with Gasteiger partial charge >= 0.3 is 0 Å². The zero-order valence-corrected chi connectivity index (χ0v) is 11.8. The fourth-order valence-electron chi connectivity index (χ4n) is 2.06. The molecular formula is C15H13ClN2S. The van der Waals surface area contributed by atoms with E-state index in [0.717, 1.165) is 34.1 Å². The summed E-state index contributed by atoms with van der Waals surface area (Å²) >= 11 is 7.70. The average Bonchev–Trinajstić information content (AvgIpc) is 2.78. The van der Waals surface area contributed by atoms with Crippen LogP contribution < -0.4 is 5.73 Å². The number of hydrogen-bond donors (Lipinski definition) is 1. The zero-order chi connectivity index (χ0) is 13.2. The van der Waals surface area contributed by atoms with Crippen LogP contribution in [0.1, 0.15) is 10.6 Å². The number of thiazole rings is 1. The van der Waals surface area contributed by atoms with Gasteiger partial charge in [0.15, 0.2) is 0 Å². The molecule has 0 saturated heterocycles. The Balaban J connectivity index is 1.78. The molecule has 0 aliphatic carbocycles. The molecule has 0 unspecified atom stereocenters. The average molecular weight is 289 g/mol. The van der Waals surface area contributed by atoms with Crippen LogP contribution >= 0.6 is 22.9 Å². The number of hydrogen-bond acceptors (Lipinski definition) is 3. The van der Waals surface area contributed by atoms with Crippen molar-refractivity contribution in [2.45, 2.75) is 12.8 Å². The Kier molecular flexibility index (Phi) is 3.40. The molecule has 2 aromatic carbocycles. The fraction of sp³-hybridized carbons (Fsp3) is 0.133. The molecule has 0 amide bonds. The summed E-state index contributed by atoms with van der Waals surface area (Å²) in [4.78, 5) is 4.61. The first-order chi connectivity index (χ1) is 9.20. The van der Waals surface area contributed by atoms with Gasteiger partial charge in [-0.3, -0.25) is 0 Å². The Bertz CT molecular complexity index is 721. The van der Waals surface area contributed by atoms with Gasteiger partial charge in [-0.15, -0.1) is 11.3 Å². The van der Waals surface area contributed by atoms with Gasteiger partial charge in [0.1, 0.15) is 0 Å². The van der Waals surface area contributed by atoms with Crippen molar-refractivity contribution in [1.29, 1.82) is 0 Å². The van der Waals surface area contributed by atoms with E-state index in [0.29, 0.717) is 0 Å². The lowest BCUT2D eigenvalue weighted by Crippen LogP contribution is -1.92. The van der Waals surface area contributed by atoms with Gasteiger partial charge in [0.05, 0.1) is 15.2 Å². The monoisotopic (exact) mass is 288 g/mol. The van der Waals surface area contributed by atoms with E-state index in [-0.39, 0.29) is 0 Å². The minimum atomic E-state index is 0.736. The quantitative estimate of drug-likeness (QED) is 0.729.